The number of rotatable bonds is 18. The Hall–Kier alpha value is -2.84. The maximum absolute atomic E-state index is 5.85. The van der Waals surface area contributed by atoms with Crippen LogP contribution in [0.3, 0.4) is 0 Å². The Kier molecular flexibility index (Phi) is 13.0. The molecule has 13 heteroatoms. The first-order valence-electron chi connectivity index (χ1n) is 14.4. The molecule has 0 amide bonds. The highest BCUT2D eigenvalue weighted by Gasteiger charge is 2.08. The van der Waals surface area contributed by atoms with Crippen LogP contribution in [0.1, 0.15) is 22.5 Å². The number of likely N-dealkylation sites (N-methyl/N-ethyl adjacent to an activating group) is 2. The average molecular weight is 720 g/mol. The Balaban J connectivity index is 1.15. The van der Waals surface area contributed by atoms with Crippen molar-refractivity contribution in [3.05, 3.63) is 80.3 Å². The number of halogens is 2. The Morgan fingerprint density at radius 3 is 1.53 bits per heavy atom. The molecule has 2 heterocycles. The molecule has 0 saturated heterocycles. The second kappa shape index (κ2) is 16.9. The molecule has 232 valence electrons. The number of benzene rings is 2. The summed E-state index contributed by atoms with van der Waals surface area (Å²) >= 11 is 7.26. The van der Waals surface area contributed by atoms with Crippen LogP contribution in [0, 0.1) is 0 Å². The van der Waals surface area contributed by atoms with E-state index in [-0.39, 0.29) is 0 Å². The van der Waals surface area contributed by atoms with Gasteiger partial charge in [0.15, 0.2) is 0 Å². The van der Waals surface area contributed by atoms with Crippen LogP contribution in [-0.4, -0.2) is 94.3 Å². The summed E-state index contributed by atoms with van der Waals surface area (Å²) in [7, 11) is 8.14. The van der Waals surface area contributed by atoms with Crippen molar-refractivity contribution < 1.29 is 9.47 Å². The van der Waals surface area contributed by atoms with E-state index < -0.39 is 0 Å². The third-order valence-electron chi connectivity index (χ3n) is 6.63. The molecule has 0 aliphatic heterocycles. The minimum atomic E-state index is 0.606. The van der Waals surface area contributed by atoms with Crippen molar-refractivity contribution in [1.82, 2.24) is 45.1 Å². The first-order chi connectivity index (χ1) is 20.7. The first kappa shape index (κ1) is 33.1. The molecular weight excluding hydrogens is 678 g/mol. The zero-order chi connectivity index (χ0) is 30.6. The fourth-order valence-electron chi connectivity index (χ4n) is 4.17. The molecule has 43 heavy (non-hydrogen) atoms. The molecule has 0 bridgehead atoms. The molecule has 0 unspecified atom stereocenters. The molecule has 0 spiro atoms. The van der Waals surface area contributed by atoms with Gasteiger partial charge in [0.25, 0.3) is 0 Å². The van der Waals surface area contributed by atoms with Crippen molar-refractivity contribution in [1.29, 1.82) is 0 Å². The largest absolute Gasteiger partial charge is 0.491 e. The maximum Gasteiger partial charge on any atom is 0.133 e. The second-order valence-electron chi connectivity index (χ2n) is 10.9. The Morgan fingerprint density at radius 1 is 0.698 bits per heavy atom. The molecular formula is C30H41Br2N9O2. The van der Waals surface area contributed by atoms with Gasteiger partial charge in [0.2, 0.25) is 0 Å². The molecule has 4 aromatic rings. The van der Waals surface area contributed by atoms with Gasteiger partial charge in [-0.15, -0.1) is 10.2 Å². The first-order valence-corrected chi connectivity index (χ1v) is 15.9. The zero-order valence-corrected chi connectivity index (χ0v) is 28.5. The van der Waals surface area contributed by atoms with E-state index in [0.29, 0.717) is 26.3 Å². The van der Waals surface area contributed by atoms with Gasteiger partial charge < -0.3 is 24.6 Å². The Labute approximate surface area is 270 Å². The molecule has 0 saturated carbocycles. The maximum atomic E-state index is 5.85. The van der Waals surface area contributed by atoms with Crippen molar-refractivity contribution in [2.45, 2.75) is 39.0 Å². The van der Waals surface area contributed by atoms with Gasteiger partial charge in [-0.05, 0) is 108 Å². The summed E-state index contributed by atoms with van der Waals surface area (Å²) in [6.07, 6.45) is 5.66. The van der Waals surface area contributed by atoms with Gasteiger partial charge in [-0.25, -0.2) is 0 Å². The summed E-state index contributed by atoms with van der Waals surface area (Å²) in [5, 5.41) is 20.6. The standard InChI is InChI=1S/C30H41Br2N9O2/c1-38(2)13-15-42-29-7-5-23(17-27(29)31)9-11-40-21-25(34-36-40)19-33-20-26-22-41(37-35-26)12-10-24-6-8-30(28(32)18-24)43-16-14-39(3)4/h5-8,17-18,21-22,33H,9-16,19-20H2,1-4H3. The number of hydrogen-bond acceptors (Lipinski definition) is 9. The molecule has 2 aromatic heterocycles. The average Bonchev–Trinajstić information content (AvgIpc) is 3.62. The van der Waals surface area contributed by atoms with E-state index >= 15 is 0 Å². The topological polar surface area (TPSA) is 98.4 Å². The van der Waals surface area contributed by atoms with E-state index in [0.717, 1.165) is 70.9 Å². The third kappa shape index (κ3) is 11.3. The van der Waals surface area contributed by atoms with Gasteiger partial charge >= 0.3 is 0 Å². The lowest BCUT2D eigenvalue weighted by Crippen LogP contribution is -2.19. The number of aromatic nitrogens is 6. The second-order valence-corrected chi connectivity index (χ2v) is 12.6. The molecule has 0 aliphatic carbocycles. The van der Waals surface area contributed by atoms with Gasteiger partial charge in [0.1, 0.15) is 24.7 Å². The van der Waals surface area contributed by atoms with E-state index in [4.69, 9.17) is 9.47 Å². The highest BCUT2D eigenvalue weighted by molar-refractivity contribution is 9.10. The van der Waals surface area contributed by atoms with Crippen LogP contribution in [0.15, 0.2) is 57.7 Å². The third-order valence-corrected chi connectivity index (χ3v) is 7.87. The summed E-state index contributed by atoms with van der Waals surface area (Å²) in [5.41, 5.74) is 4.19. The zero-order valence-electron chi connectivity index (χ0n) is 25.3. The number of nitrogens with one attached hydrogen (secondary N) is 1. The lowest BCUT2D eigenvalue weighted by molar-refractivity contribution is 0.260. The SMILES string of the molecule is CN(C)CCOc1ccc(CCn2cc(CNCc3cn(CCc4ccc(OCCN(C)C)c(Br)c4)nn3)nn2)cc1Br. The highest BCUT2D eigenvalue weighted by atomic mass is 79.9. The molecule has 0 fully saturated rings. The summed E-state index contributed by atoms with van der Waals surface area (Å²) < 4.78 is 17.4. The van der Waals surface area contributed by atoms with Crippen LogP contribution in [0.2, 0.25) is 0 Å². The molecule has 11 nitrogen and oxygen atoms in total. The van der Waals surface area contributed by atoms with Crippen molar-refractivity contribution in [2.24, 2.45) is 0 Å². The van der Waals surface area contributed by atoms with Gasteiger partial charge in [-0.1, -0.05) is 22.6 Å². The van der Waals surface area contributed by atoms with Crippen LogP contribution in [-0.2, 0) is 39.0 Å². The van der Waals surface area contributed by atoms with E-state index in [9.17, 15) is 0 Å². The number of ether oxygens (including phenoxy) is 2. The molecule has 2 aromatic carbocycles. The summed E-state index contributed by atoms with van der Waals surface area (Å²) in [4.78, 5) is 4.20. The molecule has 0 aliphatic rings. The van der Waals surface area contributed by atoms with Crippen LogP contribution >= 0.6 is 31.9 Å². The van der Waals surface area contributed by atoms with E-state index in [1.807, 2.05) is 62.1 Å². The number of nitrogens with zero attached hydrogens (tertiary/aromatic N) is 8. The van der Waals surface area contributed by atoms with Crippen LogP contribution in [0.4, 0.5) is 0 Å². The van der Waals surface area contributed by atoms with Gasteiger partial charge in [0, 0.05) is 51.7 Å². The van der Waals surface area contributed by atoms with Gasteiger partial charge in [-0.3, -0.25) is 9.36 Å². The van der Waals surface area contributed by atoms with Crippen LogP contribution in [0.5, 0.6) is 11.5 Å². The predicted molar refractivity (Wildman–Crippen MR) is 174 cm³/mol. The fraction of sp³-hybridized carbons (Fsp3) is 0.467. The normalized spacial score (nSPS) is 11.5. The van der Waals surface area contributed by atoms with Crippen molar-refractivity contribution >= 4 is 31.9 Å². The summed E-state index contributed by atoms with van der Waals surface area (Å²) in [6, 6.07) is 12.4. The lowest BCUT2D eigenvalue weighted by Gasteiger charge is -2.13. The van der Waals surface area contributed by atoms with Crippen molar-refractivity contribution in [3.63, 3.8) is 0 Å². The number of aryl methyl sites for hydroxylation is 4. The van der Waals surface area contributed by atoms with Crippen molar-refractivity contribution in [3.8, 4) is 11.5 Å². The molecule has 4 rings (SSSR count). The smallest absolute Gasteiger partial charge is 0.133 e. The fourth-order valence-corrected chi connectivity index (χ4v) is 5.26. The Bertz CT molecular complexity index is 1320. The lowest BCUT2D eigenvalue weighted by atomic mass is 10.1. The predicted octanol–water partition coefficient (Wildman–Crippen LogP) is 4.05. The monoisotopic (exact) mass is 717 g/mol. The van der Waals surface area contributed by atoms with E-state index in [2.05, 4.69) is 91.9 Å². The van der Waals surface area contributed by atoms with Gasteiger partial charge in [-0.2, -0.15) is 0 Å². The minimum Gasteiger partial charge on any atom is -0.491 e. The van der Waals surface area contributed by atoms with Gasteiger partial charge in [0.05, 0.1) is 20.3 Å². The van der Waals surface area contributed by atoms with E-state index in [1.54, 1.807) is 0 Å². The van der Waals surface area contributed by atoms with E-state index in [1.165, 1.54) is 11.1 Å². The highest BCUT2D eigenvalue weighted by Crippen LogP contribution is 2.27. The summed E-state index contributed by atoms with van der Waals surface area (Å²) in [5.74, 6) is 1.72. The minimum absolute atomic E-state index is 0.606. The van der Waals surface area contributed by atoms with Crippen LogP contribution < -0.4 is 14.8 Å². The van der Waals surface area contributed by atoms with Crippen molar-refractivity contribution in [2.75, 3.05) is 54.5 Å². The number of hydrogen-bond donors (Lipinski definition) is 1. The molecule has 0 atom stereocenters. The Morgan fingerprint density at radius 2 is 1.14 bits per heavy atom. The quantitative estimate of drug-likeness (QED) is 0.164. The molecule has 0 radical (unpaired) electrons. The summed E-state index contributed by atoms with van der Waals surface area (Å²) in [6.45, 7) is 5.76. The van der Waals surface area contributed by atoms with Crippen LogP contribution in [0.25, 0.3) is 0 Å². The molecule has 1 N–H and O–H groups in total.